The number of halogens is 1. The predicted molar refractivity (Wildman–Crippen MR) is 80.6 cm³/mol. The Morgan fingerprint density at radius 2 is 1.70 bits per heavy atom. The van der Waals surface area contributed by atoms with Crippen molar-refractivity contribution < 1.29 is 9.59 Å². The molecule has 0 fully saturated rings. The third-order valence-corrected chi connectivity index (χ3v) is 3.32. The molecule has 2 aromatic rings. The molecule has 0 spiro atoms. The molecule has 0 aliphatic rings. The molecule has 3 heteroatoms. The first-order chi connectivity index (χ1) is 9.54. The lowest BCUT2D eigenvalue weighted by atomic mass is 9.95. The number of hydrogen-bond donors (Lipinski definition) is 0. The summed E-state index contributed by atoms with van der Waals surface area (Å²) >= 11 is 6.08. The standard InChI is InChI=1S/C17H13ClO2/c1-3-16(19)12-6-4-5-7-13(12)17(20)14-10-11(2)8-9-15(14)18/h3-10H,1H2,2H3. The maximum atomic E-state index is 12.6. The monoisotopic (exact) mass is 284 g/mol. The van der Waals surface area contributed by atoms with E-state index in [1.54, 1.807) is 36.4 Å². The second kappa shape index (κ2) is 5.85. The van der Waals surface area contributed by atoms with E-state index in [-0.39, 0.29) is 11.6 Å². The fourth-order valence-electron chi connectivity index (χ4n) is 1.96. The number of carbonyl (C=O) groups is 2. The summed E-state index contributed by atoms with van der Waals surface area (Å²) in [4.78, 5) is 24.4. The topological polar surface area (TPSA) is 34.1 Å². The highest BCUT2D eigenvalue weighted by Gasteiger charge is 2.18. The zero-order valence-corrected chi connectivity index (χ0v) is 11.8. The number of hydrogen-bond acceptors (Lipinski definition) is 2. The van der Waals surface area contributed by atoms with Gasteiger partial charge in [-0.3, -0.25) is 9.59 Å². The Kier molecular flexibility index (Phi) is 4.16. The van der Waals surface area contributed by atoms with Crippen molar-refractivity contribution in [2.45, 2.75) is 6.92 Å². The maximum absolute atomic E-state index is 12.6. The molecule has 2 aromatic carbocycles. The van der Waals surface area contributed by atoms with Gasteiger partial charge in [-0.1, -0.05) is 54.1 Å². The molecule has 0 bridgehead atoms. The minimum atomic E-state index is -0.280. The van der Waals surface area contributed by atoms with E-state index in [1.165, 1.54) is 6.08 Å². The quantitative estimate of drug-likeness (QED) is 0.621. The van der Waals surface area contributed by atoms with Gasteiger partial charge in [0.05, 0.1) is 5.02 Å². The number of ketones is 2. The highest BCUT2D eigenvalue weighted by molar-refractivity contribution is 6.35. The van der Waals surface area contributed by atoms with Gasteiger partial charge in [0.25, 0.3) is 0 Å². The molecule has 0 aromatic heterocycles. The van der Waals surface area contributed by atoms with Crippen molar-refractivity contribution in [3.8, 4) is 0 Å². The molecule has 0 amide bonds. The van der Waals surface area contributed by atoms with Gasteiger partial charge in [-0.15, -0.1) is 0 Å². The molecule has 0 N–H and O–H groups in total. The third-order valence-electron chi connectivity index (χ3n) is 2.99. The average Bonchev–Trinajstić information content (AvgIpc) is 2.48. The largest absolute Gasteiger partial charge is 0.289 e. The molecule has 100 valence electrons. The Bertz CT molecular complexity index is 702. The second-order valence-corrected chi connectivity index (χ2v) is 4.83. The van der Waals surface area contributed by atoms with Crippen LogP contribution >= 0.6 is 11.6 Å². The van der Waals surface area contributed by atoms with Crippen LogP contribution in [0.5, 0.6) is 0 Å². The lowest BCUT2D eigenvalue weighted by Gasteiger charge is -2.08. The number of carbonyl (C=O) groups excluding carboxylic acids is 2. The van der Waals surface area contributed by atoms with Crippen LogP contribution in [0.3, 0.4) is 0 Å². The maximum Gasteiger partial charge on any atom is 0.195 e. The minimum absolute atomic E-state index is 0.260. The van der Waals surface area contributed by atoms with E-state index in [9.17, 15) is 9.59 Å². The van der Waals surface area contributed by atoms with Crippen LogP contribution in [0.2, 0.25) is 5.02 Å². The van der Waals surface area contributed by atoms with Crippen molar-refractivity contribution in [3.63, 3.8) is 0 Å². The van der Waals surface area contributed by atoms with Gasteiger partial charge in [-0.2, -0.15) is 0 Å². The molecule has 2 rings (SSSR count). The van der Waals surface area contributed by atoms with Crippen molar-refractivity contribution in [1.82, 2.24) is 0 Å². The Morgan fingerprint density at radius 3 is 2.35 bits per heavy atom. The summed E-state index contributed by atoms with van der Waals surface area (Å²) < 4.78 is 0. The summed E-state index contributed by atoms with van der Waals surface area (Å²) in [6.45, 7) is 5.34. The average molecular weight is 285 g/mol. The molecule has 2 nitrogen and oxygen atoms in total. The van der Waals surface area contributed by atoms with E-state index < -0.39 is 0 Å². The van der Waals surface area contributed by atoms with Gasteiger partial charge in [0.2, 0.25) is 0 Å². The van der Waals surface area contributed by atoms with Crippen LogP contribution in [0.4, 0.5) is 0 Å². The lowest BCUT2D eigenvalue weighted by Crippen LogP contribution is -2.09. The normalized spacial score (nSPS) is 10.1. The Morgan fingerprint density at radius 1 is 1.05 bits per heavy atom. The highest BCUT2D eigenvalue weighted by Crippen LogP contribution is 2.23. The number of rotatable bonds is 4. The van der Waals surface area contributed by atoms with Crippen molar-refractivity contribution >= 4 is 23.2 Å². The lowest BCUT2D eigenvalue weighted by molar-refractivity contribution is 0.101. The van der Waals surface area contributed by atoms with Gasteiger partial charge >= 0.3 is 0 Å². The van der Waals surface area contributed by atoms with E-state index in [2.05, 4.69) is 6.58 Å². The van der Waals surface area contributed by atoms with Crippen LogP contribution in [0.1, 0.15) is 31.8 Å². The summed E-state index contributed by atoms with van der Waals surface area (Å²) in [6, 6.07) is 11.9. The van der Waals surface area contributed by atoms with Gasteiger partial charge in [-0.25, -0.2) is 0 Å². The van der Waals surface area contributed by atoms with Crippen LogP contribution in [0, 0.1) is 6.92 Å². The first-order valence-corrected chi connectivity index (χ1v) is 6.49. The van der Waals surface area contributed by atoms with E-state index in [0.717, 1.165) is 5.56 Å². The van der Waals surface area contributed by atoms with Gasteiger partial charge in [0.15, 0.2) is 11.6 Å². The molecule has 20 heavy (non-hydrogen) atoms. The molecule has 0 heterocycles. The van der Waals surface area contributed by atoms with Crippen molar-refractivity contribution in [3.05, 3.63) is 82.4 Å². The summed E-state index contributed by atoms with van der Waals surface area (Å²) in [7, 11) is 0. The summed E-state index contributed by atoms with van der Waals surface area (Å²) in [5.74, 6) is -0.540. The Hall–Kier alpha value is -2.19. The van der Waals surface area contributed by atoms with Gasteiger partial charge < -0.3 is 0 Å². The van der Waals surface area contributed by atoms with Gasteiger partial charge in [0.1, 0.15) is 0 Å². The molecule has 0 unspecified atom stereocenters. The van der Waals surface area contributed by atoms with Crippen molar-refractivity contribution in [1.29, 1.82) is 0 Å². The van der Waals surface area contributed by atoms with Crippen LogP contribution in [0.25, 0.3) is 0 Å². The van der Waals surface area contributed by atoms with Gasteiger partial charge in [-0.05, 0) is 25.1 Å². The van der Waals surface area contributed by atoms with Gasteiger partial charge in [0, 0.05) is 16.7 Å². The van der Waals surface area contributed by atoms with E-state index in [4.69, 9.17) is 11.6 Å². The first kappa shape index (κ1) is 14.2. The SMILES string of the molecule is C=CC(=O)c1ccccc1C(=O)c1cc(C)ccc1Cl. The molecule has 0 radical (unpaired) electrons. The molecular weight excluding hydrogens is 272 g/mol. The number of benzene rings is 2. The Balaban J connectivity index is 2.57. The zero-order valence-electron chi connectivity index (χ0n) is 11.0. The van der Waals surface area contributed by atoms with Crippen LogP contribution in [-0.2, 0) is 0 Å². The molecule has 0 saturated heterocycles. The fraction of sp³-hybridized carbons (Fsp3) is 0.0588. The first-order valence-electron chi connectivity index (χ1n) is 6.11. The Labute approximate surface area is 122 Å². The van der Waals surface area contributed by atoms with E-state index in [0.29, 0.717) is 21.7 Å². The molecular formula is C17H13ClO2. The fourth-order valence-corrected chi connectivity index (χ4v) is 2.17. The summed E-state index contributed by atoms with van der Waals surface area (Å²) in [5.41, 5.74) is 2.01. The summed E-state index contributed by atoms with van der Waals surface area (Å²) in [5, 5.41) is 0.376. The molecule has 0 aliphatic heterocycles. The molecule has 0 saturated carbocycles. The van der Waals surface area contributed by atoms with Crippen molar-refractivity contribution in [2.24, 2.45) is 0 Å². The zero-order chi connectivity index (χ0) is 14.7. The van der Waals surface area contributed by atoms with Crippen LogP contribution in [-0.4, -0.2) is 11.6 Å². The van der Waals surface area contributed by atoms with E-state index >= 15 is 0 Å². The number of aryl methyl sites for hydroxylation is 1. The molecule has 0 aliphatic carbocycles. The predicted octanol–water partition coefficient (Wildman–Crippen LogP) is 4.25. The number of allylic oxidation sites excluding steroid dienone is 1. The minimum Gasteiger partial charge on any atom is -0.289 e. The molecule has 0 atom stereocenters. The second-order valence-electron chi connectivity index (χ2n) is 4.43. The van der Waals surface area contributed by atoms with Crippen molar-refractivity contribution in [2.75, 3.05) is 0 Å². The van der Waals surface area contributed by atoms with Crippen LogP contribution < -0.4 is 0 Å². The smallest absolute Gasteiger partial charge is 0.195 e. The van der Waals surface area contributed by atoms with E-state index in [1.807, 2.05) is 13.0 Å². The highest BCUT2D eigenvalue weighted by atomic mass is 35.5. The third kappa shape index (κ3) is 2.70. The summed E-state index contributed by atoms with van der Waals surface area (Å²) in [6.07, 6.45) is 1.20. The van der Waals surface area contributed by atoms with Crippen LogP contribution in [0.15, 0.2) is 55.1 Å².